The lowest BCUT2D eigenvalue weighted by molar-refractivity contribution is 0.0953. The monoisotopic (exact) mass is 273 g/mol. The van der Waals surface area contributed by atoms with Crippen LogP contribution in [0.15, 0.2) is 18.5 Å². The van der Waals surface area contributed by atoms with Crippen molar-refractivity contribution in [3.8, 4) is 0 Å². The van der Waals surface area contributed by atoms with Gasteiger partial charge in [-0.05, 0) is 44.8 Å². The van der Waals surface area contributed by atoms with Gasteiger partial charge in [0, 0.05) is 18.4 Å². The summed E-state index contributed by atoms with van der Waals surface area (Å²) >= 11 is 0. The molecule has 20 heavy (non-hydrogen) atoms. The summed E-state index contributed by atoms with van der Waals surface area (Å²) in [6.07, 6.45) is 5.62. The summed E-state index contributed by atoms with van der Waals surface area (Å²) in [5.74, 6) is 0.587. The van der Waals surface area contributed by atoms with Crippen LogP contribution in [0, 0.1) is 12.8 Å². The largest absolute Gasteiger partial charge is 0.352 e. The van der Waals surface area contributed by atoms with Crippen LogP contribution >= 0.6 is 0 Å². The van der Waals surface area contributed by atoms with Gasteiger partial charge in [-0.2, -0.15) is 5.10 Å². The molecule has 2 aromatic rings. The molecule has 0 radical (unpaired) electrons. The first-order chi connectivity index (χ1) is 9.74. The van der Waals surface area contributed by atoms with Crippen molar-refractivity contribution in [2.45, 2.75) is 19.8 Å². The van der Waals surface area contributed by atoms with Crippen molar-refractivity contribution >= 4 is 11.6 Å². The van der Waals surface area contributed by atoms with Crippen molar-refractivity contribution < 1.29 is 4.79 Å². The Morgan fingerprint density at radius 3 is 3.30 bits per heavy atom. The number of aromatic nitrogens is 3. The maximum Gasteiger partial charge on any atom is 0.256 e. The van der Waals surface area contributed by atoms with E-state index in [-0.39, 0.29) is 5.91 Å². The van der Waals surface area contributed by atoms with Crippen LogP contribution in [0.5, 0.6) is 0 Å². The Hall–Kier alpha value is -1.95. The highest BCUT2D eigenvalue weighted by atomic mass is 16.1. The number of fused-ring (bicyclic) bond motifs is 1. The van der Waals surface area contributed by atoms with Gasteiger partial charge in [0.25, 0.3) is 5.91 Å². The van der Waals surface area contributed by atoms with Gasteiger partial charge in [0.15, 0.2) is 5.65 Å². The van der Waals surface area contributed by atoms with Crippen molar-refractivity contribution in [1.82, 2.24) is 25.2 Å². The summed E-state index contributed by atoms with van der Waals surface area (Å²) < 4.78 is 1.63. The minimum absolute atomic E-state index is 0.0935. The van der Waals surface area contributed by atoms with Gasteiger partial charge < -0.3 is 10.6 Å². The van der Waals surface area contributed by atoms with Crippen molar-refractivity contribution in [1.29, 1.82) is 0 Å². The lowest BCUT2D eigenvalue weighted by Crippen LogP contribution is -2.26. The Kier molecular flexibility index (Phi) is 3.64. The van der Waals surface area contributed by atoms with Crippen molar-refractivity contribution in [3.05, 3.63) is 29.7 Å². The lowest BCUT2D eigenvalue weighted by atomic mass is 10.1. The molecule has 106 valence electrons. The zero-order valence-corrected chi connectivity index (χ0v) is 11.6. The highest BCUT2D eigenvalue weighted by molar-refractivity contribution is 5.99. The van der Waals surface area contributed by atoms with Crippen molar-refractivity contribution in [2.75, 3.05) is 19.6 Å². The highest BCUT2D eigenvalue weighted by Gasteiger charge is 2.16. The summed E-state index contributed by atoms with van der Waals surface area (Å²) in [7, 11) is 0. The third kappa shape index (κ3) is 2.65. The number of nitrogens with zero attached hydrogens (tertiary/aromatic N) is 3. The summed E-state index contributed by atoms with van der Waals surface area (Å²) in [5.41, 5.74) is 2.03. The van der Waals surface area contributed by atoms with E-state index < -0.39 is 0 Å². The molecule has 1 fully saturated rings. The number of aryl methyl sites for hydroxylation is 1. The molecular formula is C14H19N5O. The quantitative estimate of drug-likeness (QED) is 0.863. The summed E-state index contributed by atoms with van der Waals surface area (Å²) in [5, 5.41) is 10.4. The van der Waals surface area contributed by atoms with Gasteiger partial charge in [0.1, 0.15) is 5.56 Å². The maximum atomic E-state index is 12.2. The smallest absolute Gasteiger partial charge is 0.256 e. The molecule has 1 aliphatic heterocycles. The minimum atomic E-state index is -0.0935. The third-order valence-electron chi connectivity index (χ3n) is 3.75. The molecule has 0 aromatic carbocycles. The lowest BCUT2D eigenvalue weighted by Gasteiger charge is -2.08. The van der Waals surface area contributed by atoms with Crippen molar-refractivity contribution in [3.63, 3.8) is 0 Å². The predicted molar refractivity (Wildman–Crippen MR) is 75.7 cm³/mol. The van der Waals surface area contributed by atoms with Crippen LogP contribution in [0.25, 0.3) is 5.65 Å². The first-order valence-corrected chi connectivity index (χ1v) is 7.04. The van der Waals surface area contributed by atoms with Crippen LogP contribution in [-0.4, -0.2) is 40.1 Å². The fourth-order valence-corrected chi connectivity index (χ4v) is 2.57. The minimum Gasteiger partial charge on any atom is -0.352 e. The van der Waals surface area contributed by atoms with Gasteiger partial charge in [-0.3, -0.25) is 4.79 Å². The maximum absolute atomic E-state index is 12.2. The number of carbonyl (C=O) groups excluding carboxylic acids is 1. The molecule has 0 spiro atoms. The van der Waals surface area contributed by atoms with E-state index in [2.05, 4.69) is 20.7 Å². The summed E-state index contributed by atoms with van der Waals surface area (Å²) in [6, 6.07) is 1.87. The molecule has 0 aliphatic carbocycles. The van der Waals surface area contributed by atoms with Gasteiger partial charge in [-0.25, -0.2) is 9.50 Å². The average Bonchev–Trinajstić information content (AvgIpc) is 3.07. The molecule has 2 N–H and O–H groups in total. The second kappa shape index (κ2) is 5.58. The van der Waals surface area contributed by atoms with Crippen LogP contribution in [0.3, 0.4) is 0 Å². The SMILES string of the molecule is Cc1ccn2ncc(C(=O)NCCC3CCNC3)c2n1. The van der Waals surface area contributed by atoms with Gasteiger partial charge in [0.05, 0.1) is 6.20 Å². The second-order valence-electron chi connectivity index (χ2n) is 5.30. The number of hydrogen-bond acceptors (Lipinski definition) is 4. The number of amides is 1. The van der Waals surface area contributed by atoms with Crippen LogP contribution in [-0.2, 0) is 0 Å². The summed E-state index contributed by atoms with van der Waals surface area (Å²) in [4.78, 5) is 16.6. The molecule has 0 saturated carbocycles. The summed E-state index contributed by atoms with van der Waals surface area (Å²) in [6.45, 7) is 4.76. The van der Waals surface area contributed by atoms with E-state index in [1.807, 2.05) is 19.2 Å². The van der Waals surface area contributed by atoms with Crippen LogP contribution < -0.4 is 10.6 Å². The average molecular weight is 273 g/mol. The molecule has 3 heterocycles. The first kappa shape index (κ1) is 13.1. The van der Waals surface area contributed by atoms with E-state index in [4.69, 9.17) is 0 Å². The van der Waals surface area contributed by atoms with E-state index in [0.717, 1.165) is 25.2 Å². The van der Waals surface area contributed by atoms with E-state index >= 15 is 0 Å². The molecule has 1 atom stereocenters. The molecule has 0 bridgehead atoms. The number of rotatable bonds is 4. The van der Waals surface area contributed by atoms with Gasteiger partial charge in [-0.1, -0.05) is 0 Å². The fourth-order valence-electron chi connectivity index (χ4n) is 2.57. The third-order valence-corrected chi connectivity index (χ3v) is 3.75. The first-order valence-electron chi connectivity index (χ1n) is 7.04. The molecule has 1 saturated heterocycles. The van der Waals surface area contributed by atoms with Crippen LogP contribution in [0.1, 0.15) is 28.9 Å². The number of hydrogen-bond donors (Lipinski definition) is 2. The molecule has 6 nitrogen and oxygen atoms in total. The molecule has 1 aliphatic rings. The Morgan fingerprint density at radius 1 is 1.60 bits per heavy atom. The number of carbonyl (C=O) groups is 1. The van der Waals surface area contributed by atoms with Gasteiger partial charge in [-0.15, -0.1) is 0 Å². The van der Waals surface area contributed by atoms with Crippen molar-refractivity contribution in [2.24, 2.45) is 5.92 Å². The van der Waals surface area contributed by atoms with Gasteiger partial charge in [0.2, 0.25) is 0 Å². The molecule has 2 aromatic heterocycles. The molecule has 1 unspecified atom stereocenters. The Bertz CT molecular complexity index is 615. The molecule has 1 amide bonds. The second-order valence-corrected chi connectivity index (χ2v) is 5.30. The number of nitrogens with one attached hydrogen (secondary N) is 2. The van der Waals surface area contributed by atoms with Crippen LogP contribution in [0.2, 0.25) is 0 Å². The Balaban J connectivity index is 1.64. The van der Waals surface area contributed by atoms with E-state index in [1.165, 1.54) is 6.42 Å². The zero-order valence-electron chi connectivity index (χ0n) is 11.6. The van der Waals surface area contributed by atoms with Crippen LogP contribution in [0.4, 0.5) is 0 Å². The molecule has 6 heteroatoms. The zero-order chi connectivity index (χ0) is 13.9. The topological polar surface area (TPSA) is 71.3 Å². The standard InChI is InChI=1S/C14H19N5O/c1-10-4-7-19-13(18-10)12(9-17-19)14(20)16-6-3-11-2-5-15-8-11/h4,7,9,11,15H,2-3,5-6,8H2,1H3,(H,16,20). The Morgan fingerprint density at radius 2 is 2.50 bits per heavy atom. The molecular weight excluding hydrogens is 254 g/mol. The van der Waals surface area contributed by atoms with E-state index in [1.54, 1.807) is 10.7 Å². The normalized spacial score (nSPS) is 18.6. The fraction of sp³-hybridized carbons (Fsp3) is 0.500. The predicted octanol–water partition coefficient (Wildman–Crippen LogP) is 0.767. The van der Waals surface area contributed by atoms with E-state index in [0.29, 0.717) is 23.7 Å². The Labute approximate surface area is 117 Å². The molecule has 3 rings (SSSR count). The van der Waals surface area contributed by atoms with E-state index in [9.17, 15) is 4.79 Å². The highest BCUT2D eigenvalue weighted by Crippen LogP contribution is 2.12. The van der Waals surface area contributed by atoms with Gasteiger partial charge >= 0.3 is 0 Å².